The van der Waals surface area contributed by atoms with Crippen molar-refractivity contribution in [3.8, 4) is 0 Å². The third-order valence-electron chi connectivity index (χ3n) is 8.10. The molecule has 42 heavy (non-hydrogen) atoms. The first-order valence-corrected chi connectivity index (χ1v) is 14.9. The summed E-state index contributed by atoms with van der Waals surface area (Å²) in [4.78, 5) is 42.4. The molecule has 0 unspecified atom stereocenters. The maximum atomic E-state index is 13.9. The first-order valence-electron chi connectivity index (χ1n) is 14.1. The number of hydrogen-bond acceptors (Lipinski definition) is 5. The second-order valence-electron chi connectivity index (χ2n) is 10.8. The van der Waals surface area contributed by atoms with Gasteiger partial charge in [0.2, 0.25) is 5.91 Å². The van der Waals surface area contributed by atoms with Gasteiger partial charge >= 0.3 is 0 Å². The third kappa shape index (κ3) is 5.90. The summed E-state index contributed by atoms with van der Waals surface area (Å²) < 4.78 is 0.739. The molecule has 0 radical (unpaired) electrons. The van der Waals surface area contributed by atoms with E-state index in [0.29, 0.717) is 29.0 Å². The third-order valence-corrected chi connectivity index (χ3v) is 8.60. The number of benzene rings is 3. The number of nitrogens with one attached hydrogen (secondary N) is 1. The maximum Gasteiger partial charge on any atom is 0.264 e. The fraction of sp³-hybridized carbons (Fsp3) is 0.303. The molecule has 9 heteroatoms. The molecule has 1 fully saturated rings. The van der Waals surface area contributed by atoms with Crippen LogP contribution >= 0.6 is 15.9 Å². The summed E-state index contributed by atoms with van der Waals surface area (Å²) in [5.41, 5.74) is 1.32. The highest BCUT2D eigenvalue weighted by Gasteiger charge is 2.52. The second-order valence-corrected chi connectivity index (χ2v) is 11.7. The Hall–Kier alpha value is -3.79. The molecule has 2 heterocycles. The largest absolute Gasteiger partial charge is 0.394 e. The molecule has 3 aromatic carbocycles. The number of likely N-dealkylation sites (tertiary alicyclic amines) is 1. The van der Waals surface area contributed by atoms with Crippen molar-refractivity contribution >= 4 is 45.0 Å². The normalized spacial score (nSPS) is 20.7. The number of carbonyl (C=O) groups is 3. The minimum atomic E-state index is -1.82. The average molecular weight is 633 g/mol. The molecule has 2 aliphatic heterocycles. The topological polar surface area (TPSA) is 110 Å². The van der Waals surface area contributed by atoms with Gasteiger partial charge < -0.3 is 25.3 Å². The lowest BCUT2D eigenvalue weighted by atomic mass is 9.83. The van der Waals surface area contributed by atoms with Crippen molar-refractivity contribution in [2.24, 2.45) is 5.92 Å². The molecule has 5 rings (SSSR count). The lowest BCUT2D eigenvalue weighted by molar-refractivity contribution is -0.139. The number of hydrogen-bond donors (Lipinski definition) is 3. The number of aliphatic hydroxyl groups excluding tert-OH is 1. The number of aliphatic hydroxyl groups is 2. The van der Waals surface area contributed by atoms with Gasteiger partial charge in [-0.3, -0.25) is 14.4 Å². The molecule has 2 aliphatic rings. The zero-order valence-corrected chi connectivity index (χ0v) is 25.0. The summed E-state index contributed by atoms with van der Waals surface area (Å²) in [6, 6.07) is 21.5. The van der Waals surface area contributed by atoms with Gasteiger partial charge in [-0.1, -0.05) is 65.3 Å². The van der Waals surface area contributed by atoms with E-state index < -0.39 is 17.4 Å². The van der Waals surface area contributed by atoms with Crippen molar-refractivity contribution < 1.29 is 24.6 Å². The Bertz CT molecular complexity index is 1490. The molecule has 1 saturated heterocycles. The van der Waals surface area contributed by atoms with Gasteiger partial charge in [0.05, 0.1) is 24.9 Å². The Balaban J connectivity index is 1.30. The Labute approximate surface area is 253 Å². The fourth-order valence-corrected chi connectivity index (χ4v) is 6.09. The van der Waals surface area contributed by atoms with Crippen molar-refractivity contribution in [2.75, 3.05) is 23.4 Å². The van der Waals surface area contributed by atoms with Crippen molar-refractivity contribution in [3.05, 3.63) is 106 Å². The smallest absolute Gasteiger partial charge is 0.264 e. The monoisotopic (exact) mass is 631 g/mol. The van der Waals surface area contributed by atoms with Crippen molar-refractivity contribution in [2.45, 2.75) is 44.4 Å². The fourth-order valence-electron chi connectivity index (χ4n) is 5.73. The van der Waals surface area contributed by atoms with Gasteiger partial charge in [0.25, 0.3) is 11.8 Å². The predicted molar refractivity (Wildman–Crippen MR) is 165 cm³/mol. The molecule has 0 bridgehead atoms. The van der Waals surface area contributed by atoms with Crippen molar-refractivity contribution in [1.29, 1.82) is 0 Å². The minimum absolute atomic E-state index is 0.0490. The minimum Gasteiger partial charge on any atom is -0.394 e. The van der Waals surface area contributed by atoms with E-state index in [1.165, 1.54) is 0 Å². The SMILES string of the molecule is C[C@H](/C=C/CC(=O)N1CCC[C@H]1CO)[C@@]1(O)C(=O)N(Cc2ccc(NC(=O)c3ccccc3)cc2)c2ccc(Br)cc21. The van der Waals surface area contributed by atoms with E-state index >= 15 is 0 Å². The van der Waals surface area contributed by atoms with E-state index in [1.807, 2.05) is 30.3 Å². The van der Waals surface area contributed by atoms with Gasteiger partial charge in [0, 0.05) is 40.2 Å². The molecule has 0 saturated carbocycles. The van der Waals surface area contributed by atoms with E-state index in [0.717, 1.165) is 22.9 Å². The number of carbonyl (C=O) groups excluding carboxylic acids is 3. The van der Waals surface area contributed by atoms with Crippen molar-refractivity contribution in [1.82, 2.24) is 4.90 Å². The van der Waals surface area contributed by atoms with Crippen LogP contribution in [-0.2, 0) is 21.7 Å². The average Bonchev–Trinajstić information content (AvgIpc) is 3.56. The molecule has 3 atom stereocenters. The lowest BCUT2D eigenvalue weighted by Crippen LogP contribution is -2.44. The maximum absolute atomic E-state index is 13.9. The summed E-state index contributed by atoms with van der Waals surface area (Å²) in [6.45, 7) is 2.58. The summed E-state index contributed by atoms with van der Waals surface area (Å²) >= 11 is 3.47. The van der Waals surface area contributed by atoms with Gasteiger partial charge in [-0.15, -0.1) is 0 Å². The van der Waals surface area contributed by atoms with Crippen LogP contribution in [0.15, 0.2) is 89.4 Å². The predicted octanol–water partition coefficient (Wildman–Crippen LogP) is 5.00. The Morgan fingerprint density at radius 1 is 1.12 bits per heavy atom. The molecular formula is C33H34BrN3O5. The molecule has 3 N–H and O–H groups in total. The van der Waals surface area contributed by atoms with E-state index in [2.05, 4.69) is 21.2 Å². The van der Waals surface area contributed by atoms with Crippen LogP contribution in [0.3, 0.4) is 0 Å². The molecule has 0 aliphatic carbocycles. The highest BCUT2D eigenvalue weighted by molar-refractivity contribution is 9.10. The lowest BCUT2D eigenvalue weighted by Gasteiger charge is -2.28. The zero-order chi connectivity index (χ0) is 29.9. The van der Waals surface area contributed by atoms with Crippen LogP contribution < -0.4 is 10.2 Å². The quantitative estimate of drug-likeness (QED) is 0.288. The van der Waals surface area contributed by atoms with Gasteiger partial charge in [0.15, 0.2) is 5.60 Å². The molecule has 8 nitrogen and oxygen atoms in total. The standard InChI is InChI=1S/C33H34BrN3O5/c1-22(7-5-11-30(39)36-18-6-10-27(36)21-38)33(42)28-19-25(34)14-17-29(28)37(32(33)41)20-23-12-15-26(16-13-23)35-31(40)24-8-3-2-4-9-24/h2-5,7-9,12-17,19,22,27,38,42H,6,10-11,18,20-21H2,1H3,(H,35,40)/b7-5+/t22-,27+,33+/m1/s1. The summed E-state index contributed by atoms with van der Waals surface area (Å²) in [5, 5.41) is 24.3. The number of nitrogens with zero attached hydrogens (tertiary/aromatic N) is 2. The number of halogens is 1. The van der Waals surface area contributed by atoms with Crippen molar-refractivity contribution in [3.63, 3.8) is 0 Å². The highest BCUT2D eigenvalue weighted by atomic mass is 79.9. The summed E-state index contributed by atoms with van der Waals surface area (Å²) in [6.07, 6.45) is 5.22. The first-order chi connectivity index (χ1) is 20.2. The van der Waals surface area contributed by atoms with Gasteiger partial charge in [-0.2, -0.15) is 0 Å². The molecule has 0 aromatic heterocycles. The molecule has 218 valence electrons. The van der Waals surface area contributed by atoms with Gasteiger partial charge in [0.1, 0.15) is 0 Å². The van der Waals surface area contributed by atoms with Gasteiger partial charge in [-0.25, -0.2) is 0 Å². The molecule has 0 spiro atoms. The van der Waals surface area contributed by atoms with E-state index in [-0.39, 0.29) is 37.4 Å². The number of amides is 3. The molecule has 3 aromatic rings. The highest BCUT2D eigenvalue weighted by Crippen LogP contribution is 2.46. The Kier molecular flexibility index (Phi) is 8.91. The summed E-state index contributed by atoms with van der Waals surface area (Å²) in [5.74, 6) is -1.34. The van der Waals surface area contributed by atoms with Crippen LogP contribution in [0.2, 0.25) is 0 Å². The molecular weight excluding hydrogens is 598 g/mol. The number of anilines is 2. The van der Waals surface area contributed by atoms with Crippen LogP contribution in [-0.4, -0.2) is 52.0 Å². The van der Waals surface area contributed by atoms with Gasteiger partial charge in [-0.05, 0) is 60.9 Å². The zero-order valence-electron chi connectivity index (χ0n) is 23.4. The first kappa shape index (κ1) is 29.7. The van der Waals surface area contributed by atoms with E-state index in [4.69, 9.17) is 0 Å². The second kappa shape index (κ2) is 12.6. The van der Waals surface area contributed by atoms with Crippen LogP contribution in [0.5, 0.6) is 0 Å². The summed E-state index contributed by atoms with van der Waals surface area (Å²) in [7, 11) is 0. The van der Waals surface area contributed by atoms with Crippen LogP contribution in [0, 0.1) is 5.92 Å². The van der Waals surface area contributed by atoms with Crippen LogP contribution in [0.25, 0.3) is 0 Å². The molecule has 3 amide bonds. The number of fused-ring (bicyclic) bond motifs is 1. The van der Waals surface area contributed by atoms with Crippen LogP contribution in [0.4, 0.5) is 11.4 Å². The van der Waals surface area contributed by atoms with E-state index in [9.17, 15) is 24.6 Å². The van der Waals surface area contributed by atoms with E-state index in [1.54, 1.807) is 71.3 Å². The Morgan fingerprint density at radius 2 is 1.86 bits per heavy atom. The number of rotatable bonds is 9. The Morgan fingerprint density at radius 3 is 2.57 bits per heavy atom. The van der Waals surface area contributed by atoms with Crippen LogP contribution in [0.1, 0.15) is 47.7 Å².